The molecular formula is C15H20N6. The summed E-state index contributed by atoms with van der Waals surface area (Å²) in [5.74, 6) is 0.963. The maximum absolute atomic E-state index is 4.49. The normalized spacial score (nSPS) is 12.8. The fourth-order valence-electron chi connectivity index (χ4n) is 2.51. The van der Waals surface area contributed by atoms with Crippen LogP contribution in [0.3, 0.4) is 0 Å². The summed E-state index contributed by atoms with van der Waals surface area (Å²) in [6, 6.07) is 6.33. The van der Waals surface area contributed by atoms with E-state index in [1.165, 1.54) is 0 Å². The highest BCUT2D eigenvalue weighted by Gasteiger charge is 2.11. The van der Waals surface area contributed by atoms with Gasteiger partial charge in [-0.3, -0.25) is 5.10 Å². The summed E-state index contributed by atoms with van der Waals surface area (Å²) in [7, 11) is 0. The van der Waals surface area contributed by atoms with Crippen LogP contribution in [0.1, 0.15) is 29.7 Å². The molecule has 3 aromatic heterocycles. The minimum atomic E-state index is 0.252. The molecule has 3 heterocycles. The molecular weight excluding hydrogens is 264 g/mol. The number of fused-ring (bicyclic) bond motifs is 1. The van der Waals surface area contributed by atoms with Crippen molar-refractivity contribution >= 4 is 11.5 Å². The Balaban J connectivity index is 1.83. The first-order chi connectivity index (χ1) is 10.0. The van der Waals surface area contributed by atoms with E-state index < -0.39 is 0 Å². The number of rotatable bonds is 4. The molecule has 0 unspecified atom stereocenters. The minimum Gasteiger partial charge on any atom is -0.367 e. The predicted molar refractivity (Wildman–Crippen MR) is 82.6 cm³/mol. The Bertz CT molecular complexity index is 770. The number of hydrogen-bond donors (Lipinski definition) is 2. The maximum atomic E-state index is 4.49. The van der Waals surface area contributed by atoms with E-state index in [1.54, 1.807) is 0 Å². The van der Waals surface area contributed by atoms with Crippen molar-refractivity contribution in [2.75, 3.05) is 5.32 Å². The Hall–Kier alpha value is -2.37. The Morgan fingerprint density at radius 2 is 2.00 bits per heavy atom. The largest absolute Gasteiger partial charge is 0.367 e. The molecule has 0 amide bonds. The van der Waals surface area contributed by atoms with Gasteiger partial charge in [-0.15, -0.1) is 0 Å². The first kappa shape index (κ1) is 13.6. The number of H-pyrrole nitrogens is 1. The fraction of sp³-hybridized carbons (Fsp3) is 0.400. The third-order valence-electron chi connectivity index (χ3n) is 3.35. The number of hydrogen-bond acceptors (Lipinski definition) is 4. The fourth-order valence-corrected chi connectivity index (χ4v) is 2.51. The van der Waals surface area contributed by atoms with Gasteiger partial charge in [0.25, 0.3) is 0 Å². The van der Waals surface area contributed by atoms with Crippen molar-refractivity contribution in [1.29, 1.82) is 0 Å². The first-order valence-corrected chi connectivity index (χ1v) is 7.13. The smallest absolute Gasteiger partial charge is 0.157 e. The van der Waals surface area contributed by atoms with E-state index in [2.05, 4.69) is 38.6 Å². The van der Waals surface area contributed by atoms with E-state index in [9.17, 15) is 0 Å². The summed E-state index contributed by atoms with van der Waals surface area (Å²) in [6.07, 6.45) is 0.855. The summed E-state index contributed by atoms with van der Waals surface area (Å²) in [5.41, 5.74) is 4.96. The van der Waals surface area contributed by atoms with E-state index in [1.807, 2.05) is 37.4 Å². The van der Waals surface area contributed by atoms with Crippen LogP contribution in [0.25, 0.3) is 5.65 Å². The predicted octanol–water partition coefficient (Wildman–Crippen LogP) is 2.42. The van der Waals surface area contributed by atoms with Crippen LogP contribution in [0.5, 0.6) is 0 Å². The quantitative estimate of drug-likeness (QED) is 0.772. The summed E-state index contributed by atoms with van der Waals surface area (Å²) < 4.78 is 1.86. The van der Waals surface area contributed by atoms with E-state index in [-0.39, 0.29) is 6.04 Å². The van der Waals surface area contributed by atoms with Crippen LogP contribution in [0.15, 0.2) is 18.2 Å². The second kappa shape index (κ2) is 5.20. The van der Waals surface area contributed by atoms with Gasteiger partial charge >= 0.3 is 0 Å². The van der Waals surface area contributed by atoms with Crippen molar-refractivity contribution < 1.29 is 0 Å². The molecule has 6 nitrogen and oxygen atoms in total. The molecule has 0 fully saturated rings. The van der Waals surface area contributed by atoms with Crippen LogP contribution < -0.4 is 5.32 Å². The van der Waals surface area contributed by atoms with E-state index >= 15 is 0 Å². The average Bonchev–Trinajstić information content (AvgIpc) is 2.94. The van der Waals surface area contributed by atoms with Gasteiger partial charge in [-0.2, -0.15) is 14.7 Å². The standard InChI is InChI=1S/C15H20N6/c1-9(5-13-6-11(3)18-19-13)16-14-7-10(2)17-15-8-12(4)20-21(14)15/h6-9,16H,5H2,1-4H3,(H,18,19)/t9-/m1/s1. The van der Waals surface area contributed by atoms with Crippen molar-refractivity contribution in [2.24, 2.45) is 0 Å². The molecule has 0 aliphatic carbocycles. The van der Waals surface area contributed by atoms with Gasteiger partial charge in [-0.05, 0) is 33.8 Å². The van der Waals surface area contributed by atoms with Gasteiger partial charge in [-0.1, -0.05) is 0 Å². The highest BCUT2D eigenvalue weighted by Crippen LogP contribution is 2.15. The van der Waals surface area contributed by atoms with Gasteiger partial charge in [0.15, 0.2) is 5.65 Å². The monoisotopic (exact) mass is 284 g/mol. The third kappa shape index (κ3) is 2.89. The maximum Gasteiger partial charge on any atom is 0.157 e. The lowest BCUT2D eigenvalue weighted by molar-refractivity contribution is 0.749. The van der Waals surface area contributed by atoms with Crippen LogP contribution in [-0.2, 0) is 6.42 Å². The molecule has 0 spiro atoms. The summed E-state index contributed by atoms with van der Waals surface area (Å²) in [6.45, 7) is 8.12. The van der Waals surface area contributed by atoms with Gasteiger partial charge in [-0.25, -0.2) is 4.98 Å². The van der Waals surface area contributed by atoms with E-state index in [0.717, 1.165) is 40.7 Å². The second-order valence-corrected chi connectivity index (χ2v) is 5.63. The van der Waals surface area contributed by atoms with Crippen LogP contribution in [0.2, 0.25) is 0 Å². The van der Waals surface area contributed by atoms with Crippen molar-refractivity contribution in [1.82, 2.24) is 24.8 Å². The molecule has 1 atom stereocenters. The molecule has 0 bridgehead atoms. The number of nitrogens with one attached hydrogen (secondary N) is 2. The SMILES string of the molecule is Cc1cc(N[C@H](C)Cc2cc(C)[nH]n2)n2nc(C)cc2n1. The van der Waals surface area contributed by atoms with Crippen LogP contribution in [-0.4, -0.2) is 30.8 Å². The Morgan fingerprint density at radius 1 is 1.19 bits per heavy atom. The first-order valence-electron chi connectivity index (χ1n) is 7.13. The van der Waals surface area contributed by atoms with Crippen LogP contribution in [0.4, 0.5) is 5.82 Å². The highest BCUT2D eigenvalue weighted by molar-refractivity contribution is 5.50. The Kier molecular flexibility index (Phi) is 3.37. The zero-order chi connectivity index (χ0) is 15.0. The number of aromatic nitrogens is 5. The van der Waals surface area contributed by atoms with E-state index in [4.69, 9.17) is 0 Å². The van der Waals surface area contributed by atoms with Crippen LogP contribution in [0, 0.1) is 20.8 Å². The average molecular weight is 284 g/mol. The lowest BCUT2D eigenvalue weighted by Gasteiger charge is -2.15. The Labute approximate surface area is 123 Å². The molecule has 3 aromatic rings. The molecule has 21 heavy (non-hydrogen) atoms. The molecule has 0 radical (unpaired) electrons. The van der Waals surface area contributed by atoms with Gasteiger partial charge < -0.3 is 5.32 Å². The third-order valence-corrected chi connectivity index (χ3v) is 3.35. The van der Waals surface area contributed by atoms with Gasteiger partial charge in [0.05, 0.1) is 11.4 Å². The van der Waals surface area contributed by atoms with Gasteiger partial charge in [0.1, 0.15) is 5.82 Å². The molecule has 0 aromatic carbocycles. The zero-order valence-corrected chi connectivity index (χ0v) is 12.8. The van der Waals surface area contributed by atoms with E-state index in [0.29, 0.717) is 0 Å². The lowest BCUT2D eigenvalue weighted by atomic mass is 10.2. The van der Waals surface area contributed by atoms with Crippen molar-refractivity contribution in [3.63, 3.8) is 0 Å². The zero-order valence-electron chi connectivity index (χ0n) is 12.8. The summed E-state index contributed by atoms with van der Waals surface area (Å²) >= 11 is 0. The topological polar surface area (TPSA) is 70.9 Å². The second-order valence-electron chi connectivity index (χ2n) is 5.63. The van der Waals surface area contributed by atoms with Crippen molar-refractivity contribution in [3.8, 4) is 0 Å². The van der Waals surface area contributed by atoms with Gasteiger partial charge in [0, 0.05) is 36.0 Å². The molecule has 0 aliphatic heterocycles. The molecule has 0 saturated heterocycles. The summed E-state index contributed by atoms with van der Waals surface area (Å²) in [4.78, 5) is 4.49. The number of nitrogens with zero attached hydrogens (tertiary/aromatic N) is 4. The van der Waals surface area contributed by atoms with Crippen LogP contribution >= 0.6 is 0 Å². The molecule has 6 heteroatoms. The molecule has 2 N–H and O–H groups in total. The molecule has 0 saturated carbocycles. The number of anilines is 1. The Morgan fingerprint density at radius 3 is 2.71 bits per heavy atom. The highest BCUT2D eigenvalue weighted by atomic mass is 15.3. The molecule has 0 aliphatic rings. The number of aryl methyl sites for hydroxylation is 3. The minimum absolute atomic E-state index is 0.252. The molecule has 110 valence electrons. The van der Waals surface area contributed by atoms with Crippen molar-refractivity contribution in [2.45, 2.75) is 40.2 Å². The lowest BCUT2D eigenvalue weighted by Crippen LogP contribution is -2.20. The molecule has 3 rings (SSSR count). The van der Waals surface area contributed by atoms with Gasteiger partial charge in [0.2, 0.25) is 0 Å². The number of aromatic amines is 1. The summed E-state index contributed by atoms with van der Waals surface area (Å²) in [5, 5.41) is 15.2. The van der Waals surface area contributed by atoms with Crippen molar-refractivity contribution in [3.05, 3.63) is 41.0 Å².